The highest BCUT2D eigenvalue weighted by Gasteiger charge is 2.32. The number of benzene rings is 11. The number of para-hydroxylation sites is 1. The van der Waals surface area contributed by atoms with E-state index in [1.54, 1.807) is 0 Å². The van der Waals surface area contributed by atoms with Crippen LogP contribution in [0.25, 0.3) is 121 Å². The van der Waals surface area contributed by atoms with Gasteiger partial charge in [0, 0.05) is 27.5 Å². The zero-order valence-electron chi connectivity index (χ0n) is 36.7. The van der Waals surface area contributed by atoms with E-state index in [4.69, 9.17) is 19.4 Å². The Morgan fingerprint density at radius 3 is 1.73 bits per heavy atom. The van der Waals surface area contributed by atoms with Crippen LogP contribution in [0.4, 0.5) is 0 Å². The first-order valence-electron chi connectivity index (χ1n) is 23.3. The van der Waals surface area contributed by atoms with E-state index in [0.717, 1.165) is 50.4 Å². The van der Waals surface area contributed by atoms with Crippen molar-refractivity contribution in [2.45, 2.75) is 25.2 Å². The summed E-state index contributed by atoms with van der Waals surface area (Å²) in [6.45, 7) is 2.45. The molecule has 0 aliphatic heterocycles. The van der Waals surface area contributed by atoms with Crippen molar-refractivity contribution in [2.24, 2.45) is 0 Å². The third kappa shape index (κ3) is 5.89. The largest absolute Gasteiger partial charge is 0.456 e. The average molecular weight is 856 g/mol. The van der Waals surface area contributed by atoms with Gasteiger partial charge < -0.3 is 4.42 Å². The fraction of sp³-hybridized carbons (Fsp3) is 0.0635. The van der Waals surface area contributed by atoms with Gasteiger partial charge in [-0.2, -0.15) is 0 Å². The molecule has 4 nitrogen and oxygen atoms in total. The molecule has 2 heterocycles. The smallest absolute Gasteiger partial charge is 0.164 e. The number of hydrogen-bond donors (Lipinski definition) is 0. The summed E-state index contributed by atoms with van der Waals surface area (Å²) in [4.78, 5) is 15.3. The van der Waals surface area contributed by atoms with Gasteiger partial charge in [0.15, 0.2) is 17.5 Å². The van der Waals surface area contributed by atoms with E-state index in [2.05, 4.69) is 171 Å². The average Bonchev–Trinajstić information content (AvgIpc) is 3.77. The standard InChI is InChI=1S/C63H41N3O/c1-37-53(33-38-27-29-48-47-23-12-13-26-56(47)67-57(48)34-38)50-25-14-24-49-51-30-28-39-15-8-9-20-44(39)58(51)55-36-42(35-54(37)60(55)59(49)50)43-31-32-52(46-22-11-10-21-45(43)46)63-65-61(40-16-4-2-5-17-40)64-62(66-63)41-18-6-3-7-19-41/h2-32,34-37,53H,33H2,1H3. The summed E-state index contributed by atoms with van der Waals surface area (Å²) < 4.78 is 6.43. The van der Waals surface area contributed by atoms with Crippen molar-refractivity contribution in [1.82, 2.24) is 15.0 Å². The molecule has 67 heavy (non-hydrogen) atoms. The number of furan rings is 1. The van der Waals surface area contributed by atoms with E-state index in [-0.39, 0.29) is 11.8 Å². The molecular formula is C63H41N3O. The molecule has 314 valence electrons. The molecule has 2 unspecified atom stereocenters. The Bertz CT molecular complexity index is 4100. The van der Waals surface area contributed by atoms with Gasteiger partial charge >= 0.3 is 0 Å². The lowest BCUT2D eigenvalue weighted by molar-refractivity contribution is 0.574. The van der Waals surface area contributed by atoms with Gasteiger partial charge in [-0.1, -0.05) is 189 Å². The molecule has 13 aromatic rings. The maximum Gasteiger partial charge on any atom is 0.164 e. The summed E-state index contributed by atoms with van der Waals surface area (Å²) in [6, 6.07) is 74.4. The van der Waals surface area contributed by atoms with Crippen LogP contribution in [-0.4, -0.2) is 15.0 Å². The molecule has 2 atom stereocenters. The van der Waals surface area contributed by atoms with Gasteiger partial charge in [0.25, 0.3) is 0 Å². The van der Waals surface area contributed by atoms with Crippen molar-refractivity contribution in [1.29, 1.82) is 0 Å². The molecule has 1 aliphatic rings. The van der Waals surface area contributed by atoms with Gasteiger partial charge in [-0.05, 0) is 124 Å². The van der Waals surface area contributed by atoms with Crippen LogP contribution < -0.4 is 0 Å². The lowest BCUT2D eigenvalue weighted by Gasteiger charge is -2.34. The van der Waals surface area contributed by atoms with Crippen LogP contribution in [0.5, 0.6) is 0 Å². The first-order chi connectivity index (χ1) is 33.1. The number of hydrogen-bond acceptors (Lipinski definition) is 4. The van der Waals surface area contributed by atoms with Crippen molar-refractivity contribution in [3.63, 3.8) is 0 Å². The molecule has 14 rings (SSSR count). The Morgan fingerprint density at radius 1 is 0.373 bits per heavy atom. The predicted octanol–water partition coefficient (Wildman–Crippen LogP) is 16.6. The monoisotopic (exact) mass is 855 g/mol. The zero-order chi connectivity index (χ0) is 44.2. The van der Waals surface area contributed by atoms with Gasteiger partial charge in [0.1, 0.15) is 11.2 Å². The number of rotatable bonds is 6. The van der Waals surface area contributed by atoms with Gasteiger partial charge in [-0.3, -0.25) is 0 Å². The minimum atomic E-state index is 0.225. The lowest BCUT2D eigenvalue weighted by Crippen LogP contribution is -2.16. The molecule has 0 N–H and O–H groups in total. The van der Waals surface area contributed by atoms with Gasteiger partial charge in [-0.25, -0.2) is 15.0 Å². The SMILES string of the molecule is CC1c2cc(-c3ccc(-c4nc(-c5ccccc5)nc(-c5ccccc5)n4)c4ccccc34)cc3c2c2c(cccc2c2ccc4ccccc4c23)C1Cc1ccc2c(c1)oc1ccccc12. The normalized spacial score (nSPS) is 14.7. The third-order valence-electron chi connectivity index (χ3n) is 14.6. The quantitative estimate of drug-likeness (QED) is 0.156. The van der Waals surface area contributed by atoms with Gasteiger partial charge in [0.2, 0.25) is 0 Å². The fourth-order valence-electron chi connectivity index (χ4n) is 11.4. The minimum Gasteiger partial charge on any atom is -0.456 e. The first-order valence-corrected chi connectivity index (χ1v) is 23.3. The second-order valence-corrected chi connectivity index (χ2v) is 18.2. The van der Waals surface area contributed by atoms with Crippen LogP contribution in [-0.2, 0) is 6.42 Å². The summed E-state index contributed by atoms with van der Waals surface area (Å²) in [7, 11) is 0. The van der Waals surface area contributed by atoms with Crippen molar-refractivity contribution in [2.75, 3.05) is 0 Å². The molecule has 0 amide bonds. The Balaban J connectivity index is 0.995. The Morgan fingerprint density at radius 2 is 0.955 bits per heavy atom. The second kappa shape index (κ2) is 14.8. The molecule has 0 saturated heterocycles. The Labute approximate surface area is 386 Å². The number of nitrogens with zero attached hydrogens (tertiary/aromatic N) is 3. The lowest BCUT2D eigenvalue weighted by atomic mass is 9.69. The van der Waals surface area contributed by atoms with Crippen LogP contribution >= 0.6 is 0 Å². The van der Waals surface area contributed by atoms with Crippen LogP contribution in [0, 0.1) is 0 Å². The molecule has 0 fully saturated rings. The van der Waals surface area contributed by atoms with Crippen LogP contribution in [0.3, 0.4) is 0 Å². The highest BCUT2D eigenvalue weighted by Crippen LogP contribution is 2.53. The van der Waals surface area contributed by atoms with Crippen molar-refractivity contribution in [3.8, 4) is 45.3 Å². The van der Waals surface area contributed by atoms with E-state index in [0.29, 0.717) is 17.5 Å². The number of fused-ring (bicyclic) bond motifs is 9. The molecule has 0 bridgehead atoms. The summed E-state index contributed by atoms with van der Waals surface area (Å²) in [5.74, 6) is 2.42. The Hall–Kier alpha value is -8.47. The van der Waals surface area contributed by atoms with Crippen LogP contribution in [0.2, 0.25) is 0 Å². The van der Waals surface area contributed by atoms with Crippen LogP contribution in [0.1, 0.15) is 35.4 Å². The zero-order valence-corrected chi connectivity index (χ0v) is 36.7. The van der Waals surface area contributed by atoms with Gasteiger partial charge in [0.05, 0.1) is 0 Å². The fourth-order valence-corrected chi connectivity index (χ4v) is 11.4. The van der Waals surface area contributed by atoms with Gasteiger partial charge in [-0.15, -0.1) is 0 Å². The van der Waals surface area contributed by atoms with E-state index < -0.39 is 0 Å². The molecule has 0 saturated carbocycles. The van der Waals surface area contributed by atoms with E-state index in [1.165, 1.54) is 76.3 Å². The van der Waals surface area contributed by atoms with Crippen molar-refractivity contribution >= 4 is 75.8 Å². The summed E-state index contributed by atoms with van der Waals surface area (Å²) in [5, 5.41) is 15.1. The number of aromatic nitrogens is 3. The van der Waals surface area contributed by atoms with E-state index >= 15 is 0 Å². The summed E-state index contributed by atoms with van der Waals surface area (Å²) in [5.41, 5.74) is 11.2. The molecule has 1 aliphatic carbocycles. The third-order valence-corrected chi connectivity index (χ3v) is 14.6. The maximum absolute atomic E-state index is 6.43. The highest BCUT2D eigenvalue weighted by molar-refractivity contribution is 6.33. The molecule has 2 aromatic heterocycles. The van der Waals surface area contributed by atoms with Crippen LogP contribution in [0.15, 0.2) is 211 Å². The Kier molecular flexibility index (Phi) is 8.35. The first kappa shape index (κ1) is 37.9. The maximum atomic E-state index is 6.43. The molecule has 0 radical (unpaired) electrons. The van der Waals surface area contributed by atoms with E-state index in [1.807, 2.05) is 42.5 Å². The summed E-state index contributed by atoms with van der Waals surface area (Å²) >= 11 is 0. The topological polar surface area (TPSA) is 51.8 Å². The van der Waals surface area contributed by atoms with E-state index in [9.17, 15) is 0 Å². The molecule has 11 aromatic carbocycles. The molecular weight excluding hydrogens is 815 g/mol. The van der Waals surface area contributed by atoms with Crippen molar-refractivity contribution < 1.29 is 4.42 Å². The molecule has 0 spiro atoms. The summed E-state index contributed by atoms with van der Waals surface area (Å²) in [6.07, 6.45) is 0.897. The second-order valence-electron chi connectivity index (χ2n) is 18.2. The van der Waals surface area contributed by atoms with Crippen molar-refractivity contribution in [3.05, 3.63) is 223 Å². The predicted molar refractivity (Wildman–Crippen MR) is 278 cm³/mol. The minimum absolute atomic E-state index is 0.225. The molecule has 4 heteroatoms. The highest BCUT2D eigenvalue weighted by atomic mass is 16.3.